The third-order valence-electron chi connectivity index (χ3n) is 5.81. The summed E-state index contributed by atoms with van der Waals surface area (Å²) in [6.45, 7) is 5.76. The van der Waals surface area contributed by atoms with Crippen LogP contribution in [0.3, 0.4) is 0 Å². The number of methoxy groups -OCH3 is 2. The van der Waals surface area contributed by atoms with Crippen LogP contribution in [-0.4, -0.2) is 24.8 Å². The molecule has 0 spiro atoms. The predicted octanol–water partition coefficient (Wildman–Crippen LogP) is 4.80. The second-order valence-corrected chi connectivity index (χ2v) is 8.15. The van der Waals surface area contributed by atoms with Crippen LogP contribution in [-0.2, 0) is 17.8 Å². The highest BCUT2D eigenvalue weighted by molar-refractivity contribution is 5.90. The SMILES string of the molecule is COc1cc2c(cc1OC)-c1c(-c3ccccc3)c(OC(C)=O)c(C(C)C)c(=O)n1CC2. The van der Waals surface area contributed by atoms with E-state index in [2.05, 4.69) is 0 Å². The van der Waals surface area contributed by atoms with Gasteiger partial charge in [0, 0.05) is 24.6 Å². The van der Waals surface area contributed by atoms with E-state index in [1.165, 1.54) is 6.92 Å². The fraction of sp³-hybridized carbons (Fsp3) is 0.308. The first-order valence-corrected chi connectivity index (χ1v) is 10.7. The van der Waals surface area contributed by atoms with Crippen molar-refractivity contribution in [2.45, 2.75) is 39.7 Å². The van der Waals surface area contributed by atoms with Gasteiger partial charge < -0.3 is 18.8 Å². The number of aromatic nitrogens is 1. The first-order valence-electron chi connectivity index (χ1n) is 10.7. The minimum Gasteiger partial charge on any atom is -0.493 e. The first kappa shape index (κ1) is 21.7. The van der Waals surface area contributed by atoms with E-state index in [-0.39, 0.29) is 11.5 Å². The molecule has 0 saturated carbocycles. The molecule has 0 atom stereocenters. The molecular weight excluding hydrogens is 406 g/mol. The van der Waals surface area contributed by atoms with E-state index in [4.69, 9.17) is 14.2 Å². The van der Waals surface area contributed by atoms with Crippen molar-refractivity contribution < 1.29 is 19.0 Å². The lowest BCUT2D eigenvalue weighted by Crippen LogP contribution is -2.31. The number of aryl methyl sites for hydroxylation is 1. The van der Waals surface area contributed by atoms with Gasteiger partial charge in [0.2, 0.25) is 0 Å². The van der Waals surface area contributed by atoms with Crippen LogP contribution in [0.1, 0.15) is 37.8 Å². The van der Waals surface area contributed by atoms with Crippen molar-refractivity contribution in [3.05, 3.63) is 63.9 Å². The Hall–Kier alpha value is -3.54. The van der Waals surface area contributed by atoms with Crippen LogP contribution in [0.25, 0.3) is 22.4 Å². The summed E-state index contributed by atoms with van der Waals surface area (Å²) in [5.74, 6) is 0.966. The molecule has 6 heteroatoms. The topological polar surface area (TPSA) is 66.8 Å². The van der Waals surface area contributed by atoms with E-state index in [0.29, 0.717) is 35.8 Å². The first-order chi connectivity index (χ1) is 15.4. The third kappa shape index (κ3) is 3.55. The smallest absolute Gasteiger partial charge is 0.308 e. The molecule has 6 nitrogen and oxygen atoms in total. The zero-order valence-corrected chi connectivity index (χ0v) is 19.0. The Kier molecular flexibility index (Phi) is 5.78. The number of fused-ring (bicyclic) bond motifs is 3. The molecule has 0 aliphatic carbocycles. The van der Waals surface area contributed by atoms with E-state index in [9.17, 15) is 9.59 Å². The van der Waals surface area contributed by atoms with E-state index in [0.717, 1.165) is 27.9 Å². The molecule has 1 aliphatic heterocycles. The van der Waals surface area contributed by atoms with Gasteiger partial charge in [-0.25, -0.2) is 0 Å². The lowest BCUT2D eigenvalue weighted by atomic mass is 9.88. The molecule has 166 valence electrons. The molecule has 2 aromatic carbocycles. The monoisotopic (exact) mass is 433 g/mol. The van der Waals surface area contributed by atoms with Crippen molar-refractivity contribution in [1.82, 2.24) is 4.57 Å². The van der Waals surface area contributed by atoms with Crippen LogP contribution in [0, 0.1) is 0 Å². The molecule has 2 heterocycles. The second kappa shape index (κ2) is 8.54. The van der Waals surface area contributed by atoms with Crippen molar-refractivity contribution in [2.75, 3.05) is 14.2 Å². The molecule has 0 amide bonds. The minimum atomic E-state index is -0.461. The molecule has 0 unspecified atom stereocenters. The summed E-state index contributed by atoms with van der Waals surface area (Å²) < 4.78 is 18.6. The lowest BCUT2D eigenvalue weighted by molar-refractivity contribution is -0.131. The summed E-state index contributed by atoms with van der Waals surface area (Å²) in [6.07, 6.45) is 0.682. The largest absolute Gasteiger partial charge is 0.493 e. The molecule has 1 aromatic heterocycles. The number of benzene rings is 2. The molecule has 0 fully saturated rings. The Morgan fingerprint density at radius 3 is 2.28 bits per heavy atom. The van der Waals surface area contributed by atoms with Gasteiger partial charge in [0.1, 0.15) is 5.75 Å². The van der Waals surface area contributed by atoms with Gasteiger partial charge in [-0.15, -0.1) is 0 Å². The molecular formula is C26H27NO5. The van der Waals surface area contributed by atoms with Crippen molar-refractivity contribution in [2.24, 2.45) is 0 Å². The summed E-state index contributed by atoms with van der Waals surface area (Å²) in [7, 11) is 3.19. The van der Waals surface area contributed by atoms with Gasteiger partial charge in [-0.3, -0.25) is 9.59 Å². The van der Waals surface area contributed by atoms with Crippen molar-refractivity contribution in [3.8, 4) is 39.6 Å². The van der Waals surface area contributed by atoms with Crippen LogP contribution in [0.2, 0.25) is 0 Å². The van der Waals surface area contributed by atoms with Crippen molar-refractivity contribution >= 4 is 5.97 Å². The maximum absolute atomic E-state index is 13.6. The quantitative estimate of drug-likeness (QED) is 0.541. The molecule has 4 rings (SSSR count). The fourth-order valence-electron chi connectivity index (χ4n) is 4.43. The van der Waals surface area contributed by atoms with Gasteiger partial charge in [0.25, 0.3) is 5.56 Å². The Labute approximate surface area is 187 Å². The van der Waals surface area contributed by atoms with E-state index in [1.54, 1.807) is 18.8 Å². The fourth-order valence-corrected chi connectivity index (χ4v) is 4.43. The van der Waals surface area contributed by atoms with Gasteiger partial charge in [-0.2, -0.15) is 0 Å². The summed E-state index contributed by atoms with van der Waals surface area (Å²) >= 11 is 0. The Morgan fingerprint density at radius 1 is 1.03 bits per heavy atom. The number of rotatable bonds is 5. The van der Waals surface area contributed by atoms with Gasteiger partial charge in [0.05, 0.1) is 25.5 Å². The number of hydrogen-bond acceptors (Lipinski definition) is 5. The number of ether oxygens (including phenoxy) is 3. The summed E-state index contributed by atoms with van der Waals surface area (Å²) in [4.78, 5) is 25.8. The average molecular weight is 434 g/mol. The number of esters is 1. The van der Waals surface area contributed by atoms with Gasteiger partial charge in [-0.05, 0) is 35.6 Å². The molecule has 32 heavy (non-hydrogen) atoms. The van der Waals surface area contributed by atoms with E-state index < -0.39 is 5.97 Å². The lowest BCUT2D eigenvalue weighted by Gasteiger charge is -2.29. The highest BCUT2D eigenvalue weighted by Gasteiger charge is 2.31. The normalized spacial score (nSPS) is 12.2. The highest BCUT2D eigenvalue weighted by Crippen LogP contribution is 2.46. The predicted molar refractivity (Wildman–Crippen MR) is 124 cm³/mol. The van der Waals surface area contributed by atoms with Gasteiger partial charge >= 0.3 is 5.97 Å². The van der Waals surface area contributed by atoms with E-state index >= 15 is 0 Å². The van der Waals surface area contributed by atoms with E-state index in [1.807, 2.05) is 56.3 Å². The second-order valence-electron chi connectivity index (χ2n) is 8.15. The van der Waals surface area contributed by atoms with Gasteiger partial charge in [0.15, 0.2) is 11.5 Å². The Morgan fingerprint density at radius 2 is 1.69 bits per heavy atom. The number of hydrogen-bond donors (Lipinski definition) is 0. The summed E-state index contributed by atoms with van der Waals surface area (Å²) in [6, 6.07) is 13.6. The number of carbonyl (C=O) groups is 1. The van der Waals surface area contributed by atoms with Crippen molar-refractivity contribution in [3.63, 3.8) is 0 Å². The van der Waals surface area contributed by atoms with Crippen LogP contribution in [0.5, 0.6) is 17.2 Å². The zero-order chi connectivity index (χ0) is 23.0. The molecule has 1 aliphatic rings. The maximum Gasteiger partial charge on any atom is 0.308 e. The summed E-state index contributed by atoms with van der Waals surface area (Å²) in [5, 5.41) is 0. The average Bonchev–Trinajstić information content (AvgIpc) is 2.78. The van der Waals surface area contributed by atoms with Gasteiger partial charge in [-0.1, -0.05) is 44.2 Å². The standard InChI is InChI=1S/C26H27NO5/c1-15(2)22-25(32-16(3)28)23(17-9-7-6-8-10-17)24-19-14-21(31-5)20(30-4)13-18(19)11-12-27(24)26(22)29/h6-10,13-15H,11-12H2,1-5H3. The molecule has 0 saturated heterocycles. The Bertz CT molecular complexity index is 1240. The van der Waals surface area contributed by atoms with Crippen LogP contribution >= 0.6 is 0 Å². The summed E-state index contributed by atoms with van der Waals surface area (Å²) in [5.41, 5.74) is 4.62. The van der Waals surface area contributed by atoms with Crippen LogP contribution < -0.4 is 19.8 Å². The molecule has 0 bridgehead atoms. The number of carbonyl (C=O) groups excluding carboxylic acids is 1. The molecule has 0 radical (unpaired) electrons. The Balaban J connectivity index is 2.18. The van der Waals surface area contributed by atoms with Crippen LogP contribution in [0.15, 0.2) is 47.3 Å². The van der Waals surface area contributed by atoms with Crippen molar-refractivity contribution in [1.29, 1.82) is 0 Å². The highest BCUT2D eigenvalue weighted by atomic mass is 16.5. The molecule has 0 N–H and O–H groups in total. The third-order valence-corrected chi connectivity index (χ3v) is 5.81. The zero-order valence-electron chi connectivity index (χ0n) is 19.0. The number of nitrogens with zero attached hydrogens (tertiary/aromatic N) is 1. The van der Waals surface area contributed by atoms with Crippen LogP contribution in [0.4, 0.5) is 0 Å². The minimum absolute atomic E-state index is 0.121. The number of pyridine rings is 1. The molecule has 3 aromatic rings. The maximum atomic E-state index is 13.6.